The van der Waals surface area contributed by atoms with Crippen LogP contribution in [0.1, 0.15) is 25.0 Å². The number of amides is 2. The molecule has 0 unspecified atom stereocenters. The molecule has 0 heterocycles. The molecule has 4 rings (SSSR count). The molecule has 0 saturated heterocycles. The summed E-state index contributed by atoms with van der Waals surface area (Å²) in [6.07, 6.45) is 0.200. The minimum atomic E-state index is -4.25. The lowest BCUT2D eigenvalue weighted by atomic mass is 10.0. The van der Waals surface area contributed by atoms with Gasteiger partial charge in [-0.05, 0) is 65.6 Å². The molecule has 0 aliphatic rings. The van der Waals surface area contributed by atoms with E-state index in [1.54, 1.807) is 42.5 Å². The van der Waals surface area contributed by atoms with E-state index in [9.17, 15) is 22.4 Å². The molecule has 0 aliphatic carbocycles. The first-order chi connectivity index (χ1) is 21.0. The van der Waals surface area contributed by atoms with Crippen LogP contribution in [0.5, 0.6) is 0 Å². The monoisotopic (exact) mass is 635 g/mol. The van der Waals surface area contributed by atoms with Crippen molar-refractivity contribution < 1.29 is 22.4 Å². The third-order valence-corrected chi connectivity index (χ3v) is 8.99. The van der Waals surface area contributed by atoms with E-state index in [2.05, 4.69) is 5.32 Å². The molecule has 0 fully saturated rings. The van der Waals surface area contributed by atoms with Gasteiger partial charge in [-0.15, -0.1) is 0 Å². The van der Waals surface area contributed by atoms with Gasteiger partial charge in [-0.25, -0.2) is 12.8 Å². The van der Waals surface area contributed by atoms with Gasteiger partial charge in [-0.1, -0.05) is 86.1 Å². The van der Waals surface area contributed by atoms with Crippen molar-refractivity contribution in [3.8, 4) is 0 Å². The Balaban J connectivity index is 1.78. The zero-order chi connectivity index (χ0) is 31.7. The minimum absolute atomic E-state index is 0.0191. The molecule has 0 aromatic heterocycles. The zero-order valence-electron chi connectivity index (χ0n) is 24.6. The molecular formula is C34H35ClFN3O4S. The Morgan fingerprint density at radius 1 is 0.818 bits per heavy atom. The Labute approximate surface area is 263 Å². The lowest BCUT2D eigenvalue weighted by Crippen LogP contribution is -2.53. The molecule has 10 heteroatoms. The Morgan fingerprint density at radius 2 is 1.41 bits per heavy atom. The molecule has 0 bridgehead atoms. The molecule has 7 nitrogen and oxygen atoms in total. The van der Waals surface area contributed by atoms with Crippen molar-refractivity contribution in [2.75, 3.05) is 17.4 Å². The summed E-state index contributed by atoms with van der Waals surface area (Å²) in [6.45, 7) is 3.73. The van der Waals surface area contributed by atoms with E-state index in [0.717, 1.165) is 22.0 Å². The van der Waals surface area contributed by atoms with Crippen molar-refractivity contribution in [2.45, 2.75) is 37.8 Å². The molecular weight excluding hydrogens is 601 g/mol. The van der Waals surface area contributed by atoms with Gasteiger partial charge in [-0.2, -0.15) is 0 Å². The lowest BCUT2D eigenvalue weighted by Gasteiger charge is -2.34. The predicted molar refractivity (Wildman–Crippen MR) is 171 cm³/mol. The van der Waals surface area contributed by atoms with Gasteiger partial charge in [0.05, 0.1) is 10.6 Å². The third kappa shape index (κ3) is 8.67. The number of benzene rings is 4. The number of carbonyl (C=O) groups is 2. The maximum absolute atomic E-state index is 14.4. The highest BCUT2D eigenvalue weighted by Crippen LogP contribution is 2.25. The number of hydrogen-bond acceptors (Lipinski definition) is 4. The summed E-state index contributed by atoms with van der Waals surface area (Å²) in [7, 11) is -4.25. The maximum atomic E-state index is 14.4. The van der Waals surface area contributed by atoms with Crippen LogP contribution in [-0.2, 0) is 32.6 Å². The summed E-state index contributed by atoms with van der Waals surface area (Å²) in [6, 6.07) is 27.8. The largest absolute Gasteiger partial charge is 0.354 e. The fourth-order valence-corrected chi connectivity index (χ4v) is 6.18. The number of carbonyl (C=O) groups excluding carboxylic acids is 2. The smallest absolute Gasteiger partial charge is 0.264 e. The first kappa shape index (κ1) is 32.7. The van der Waals surface area contributed by atoms with Crippen LogP contribution < -0.4 is 9.62 Å². The Morgan fingerprint density at radius 3 is 2.00 bits per heavy atom. The molecule has 44 heavy (non-hydrogen) atoms. The van der Waals surface area contributed by atoms with E-state index in [-0.39, 0.29) is 35.4 Å². The third-order valence-electron chi connectivity index (χ3n) is 6.95. The second-order valence-corrected chi connectivity index (χ2v) is 13.1. The van der Waals surface area contributed by atoms with E-state index in [1.165, 1.54) is 29.2 Å². The average Bonchev–Trinajstić information content (AvgIpc) is 3.02. The number of hydrogen-bond donors (Lipinski definition) is 1. The number of rotatable bonds is 13. The van der Waals surface area contributed by atoms with Crippen LogP contribution in [0.2, 0.25) is 5.02 Å². The van der Waals surface area contributed by atoms with Crippen LogP contribution in [0.25, 0.3) is 0 Å². The van der Waals surface area contributed by atoms with Crippen LogP contribution in [0.4, 0.5) is 10.1 Å². The second kappa shape index (κ2) is 15.0. The lowest BCUT2D eigenvalue weighted by molar-refractivity contribution is -0.140. The highest BCUT2D eigenvalue weighted by atomic mass is 35.5. The summed E-state index contributed by atoms with van der Waals surface area (Å²) in [5, 5.41) is 3.47. The van der Waals surface area contributed by atoms with Gasteiger partial charge in [0, 0.05) is 24.5 Å². The molecule has 4 aromatic rings. The first-order valence-corrected chi connectivity index (χ1v) is 16.1. The highest BCUT2D eigenvalue weighted by molar-refractivity contribution is 7.92. The maximum Gasteiger partial charge on any atom is 0.264 e. The predicted octanol–water partition coefficient (Wildman–Crippen LogP) is 6.09. The van der Waals surface area contributed by atoms with Crippen LogP contribution in [-0.4, -0.2) is 44.3 Å². The molecule has 0 saturated carbocycles. The van der Waals surface area contributed by atoms with Gasteiger partial charge in [0.1, 0.15) is 18.4 Å². The molecule has 0 spiro atoms. The van der Waals surface area contributed by atoms with Gasteiger partial charge in [0.15, 0.2) is 0 Å². The molecule has 2 amide bonds. The molecule has 1 N–H and O–H groups in total. The van der Waals surface area contributed by atoms with Gasteiger partial charge in [-0.3, -0.25) is 13.9 Å². The van der Waals surface area contributed by atoms with Gasteiger partial charge in [0.2, 0.25) is 11.8 Å². The zero-order valence-corrected chi connectivity index (χ0v) is 26.1. The van der Waals surface area contributed by atoms with Crippen LogP contribution in [0, 0.1) is 11.7 Å². The van der Waals surface area contributed by atoms with E-state index in [1.807, 2.05) is 44.2 Å². The van der Waals surface area contributed by atoms with E-state index in [4.69, 9.17) is 11.6 Å². The van der Waals surface area contributed by atoms with Crippen LogP contribution >= 0.6 is 11.6 Å². The SMILES string of the molecule is CC(C)CNC(=O)[C@H](Cc1ccccc1)N(Cc1ccc(Cl)cc1)C(=O)CN(c1ccc(F)cc1)S(=O)(=O)c1ccccc1. The summed E-state index contributed by atoms with van der Waals surface area (Å²) in [5.41, 5.74) is 1.65. The standard InChI is InChI=1S/C34H35ClFN3O4S/c1-25(2)22-37-34(41)32(21-26-9-5-3-6-10-26)38(23-27-13-15-28(35)16-14-27)33(40)24-39(30-19-17-29(36)18-20-30)44(42,43)31-11-7-4-8-12-31/h3-20,25,32H,21-24H2,1-2H3,(H,37,41)/t32-/m0/s1. The van der Waals surface area contributed by atoms with Crippen LogP contribution in [0.15, 0.2) is 114 Å². The molecule has 0 radical (unpaired) electrons. The van der Waals surface area contributed by atoms with E-state index < -0.39 is 34.3 Å². The van der Waals surface area contributed by atoms with E-state index in [0.29, 0.717) is 17.1 Å². The Kier molecular flexibility index (Phi) is 11.1. The number of anilines is 1. The number of nitrogens with zero attached hydrogens (tertiary/aromatic N) is 2. The van der Waals surface area contributed by atoms with Crippen molar-refractivity contribution >= 4 is 39.1 Å². The summed E-state index contributed by atoms with van der Waals surface area (Å²) < 4.78 is 42.6. The van der Waals surface area contributed by atoms with Crippen LogP contribution in [0.3, 0.4) is 0 Å². The van der Waals surface area contributed by atoms with Crippen molar-refractivity contribution in [3.63, 3.8) is 0 Å². The summed E-state index contributed by atoms with van der Waals surface area (Å²) >= 11 is 6.11. The Hall–Kier alpha value is -4.21. The molecule has 1 atom stereocenters. The topological polar surface area (TPSA) is 86.8 Å². The van der Waals surface area contributed by atoms with Crippen molar-refractivity contribution in [1.82, 2.24) is 10.2 Å². The minimum Gasteiger partial charge on any atom is -0.354 e. The van der Waals surface area contributed by atoms with Gasteiger partial charge >= 0.3 is 0 Å². The summed E-state index contributed by atoms with van der Waals surface area (Å²) in [4.78, 5) is 29.5. The highest BCUT2D eigenvalue weighted by Gasteiger charge is 2.34. The van der Waals surface area contributed by atoms with Crippen molar-refractivity contribution in [1.29, 1.82) is 0 Å². The molecule has 4 aromatic carbocycles. The molecule has 230 valence electrons. The second-order valence-electron chi connectivity index (χ2n) is 10.8. The quantitative estimate of drug-likeness (QED) is 0.193. The van der Waals surface area contributed by atoms with Gasteiger partial charge < -0.3 is 10.2 Å². The number of sulfonamides is 1. The first-order valence-electron chi connectivity index (χ1n) is 14.2. The van der Waals surface area contributed by atoms with E-state index >= 15 is 0 Å². The van der Waals surface area contributed by atoms with Gasteiger partial charge in [0.25, 0.3) is 10.0 Å². The van der Waals surface area contributed by atoms with Crippen molar-refractivity contribution in [3.05, 3.63) is 131 Å². The number of nitrogens with one attached hydrogen (secondary N) is 1. The normalized spacial score (nSPS) is 12.0. The number of halogens is 2. The molecule has 0 aliphatic heterocycles. The Bertz CT molecular complexity index is 1640. The summed E-state index contributed by atoms with van der Waals surface area (Å²) in [5.74, 6) is -1.35. The van der Waals surface area contributed by atoms with Crippen molar-refractivity contribution in [2.24, 2.45) is 5.92 Å². The fourth-order valence-electron chi connectivity index (χ4n) is 4.62. The average molecular weight is 636 g/mol. The fraction of sp³-hybridized carbons (Fsp3) is 0.235.